The van der Waals surface area contributed by atoms with Crippen LogP contribution in [0.3, 0.4) is 0 Å². The van der Waals surface area contributed by atoms with E-state index in [4.69, 9.17) is 4.74 Å². The van der Waals surface area contributed by atoms with Gasteiger partial charge in [0.15, 0.2) is 0 Å². The molecule has 0 bridgehead atoms. The molecule has 138 valence electrons. The fourth-order valence-corrected chi connectivity index (χ4v) is 1.94. The van der Waals surface area contributed by atoms with Crippen LogP contribution in [0.25, 0.3) is 0 Å². The normalized spacial score (nSPS) is 11.9. The van der Waals surface area contributed by atoms with Crippen LogP contribution in [-0.4, -0.2) is 25.1 Å². The quantitative estimate of drug-likeness (QED) is 0.470. The van der Waals surface area contributed by atoms with Crippen LogP contribution < -0.4 is 4.74 Å². The average molecular weight is 362 g/mol. The second-order valence-electron chi connectivity index (χ2n) is 7.19. The minimum Gasteiger partial charge on any atom is -0.489 e. The maximum atomic E-state index is 5.81. The van der Waals surface area contributed by atoms with E-state index in [2.05, 4.69) is 75.8 Å². The molecular weight excluding hydrogens is 330 g/mol. The summed E-state index contributed by atoms with van der Waals surface area (Å²) in [7, 11) is 2.11. The predicted octanol–water partition coefficient (Wildman–Crippen LogP) is 5.49. The molecule has 0 saturated carbocycles. The summed E-state index contributed by atoms with van der Waals surface area (Å²) in [6, 6.07) is 8.31. The zero-order valence-corrected chi connectivity index (χ0v) is 17.2. The second kappa shape index (κ2) is 11.8. The number of likely N-dealkylation sites (N-methyl/N-ethyl adjacent to an activating group) is 1. The van der Waals surface area contributed by atoms with Crippen molar-refractivity contribution in [3.8, 4) is 17.6 Å². The Morgan fingerprint density at radius 3 is 2.64 bits per heavy atom. The van der Waals surface area contributed by atoms with Gasteiger partial charge >= 0.3 is 0 Å². The summed E-state index contributed by atoms with van der Waals surface area (Å²) in [5, 5.41) is 0. The van der Waals surface area contributed by atoms with Crippen molar-refractivity contribution in [3.63, 3.8) is 0 Å². The van der Waals surface area contributed by atoms with Gasteiger partial charge < -0.3 is 4.74 Å². The van der Waals surface area contributed by atoms with E-state index in [1.807, 2.05) is 25.1 Å². The Morgan fingerprint density at radius 1 is 1.28 bits per heavy atom. The number of nitrogens with zero attached hydrogens (tertiary/aromatic N) is 1. The van der Waals surface area contributed by atoms with E-state index in [0.29, 0.717) is 6.61 Å². The van der Waals surface area contributed by atoms with Gasteiger partial charge in [-0.15, -0.1) is 12.4 Å². The maximum absolute atomic E-state index is 5.81. The van der Waals surface area contributed by atoms with Crippen molar-refractivity contribution < 1.29 is 4.74 Å². The molecule has 0 saturated heterocycles. The molecule has 0 aliphatic rings. The highest BCUT2D eigenvalue weighted by Gasteiger charge is 2.03. The standard InChI is InChI=1S/C22H31NO.ClH/c1-7-19(2)18-24-21-13-11-12-20(16-21)17-23(6)15-10-8-9-14-22(3,4)5;/h7-8,10-13,16H,15,17-18H2,1-6H3;1H/b10-8+,19-7+;. The smallest absolute Gasteiger partial charge is 0.120 e. The Labute approximate surface area is 160 Å². The molecule has 3 heteroatoms. The molecule has 0 atom stereocenters. The van der Waals surface area contributed by atoms with Crippen LogP contribution in [0.4, 0.5) is 0 Å². The first-order chi connectivity index (χ1) is 11.3. The van der Waals surface area contributed by atoms with Gasteiger partial charge in [0.2, 0.25) is 0 Å². The van der Waals surface area contributed by atoms with E-state index in [9.17, 15) is 0 Å². The molecule has 25 heavy (non-hydrogen) atoms. The number of rotatable bonds is 7. The van der Waals surface area contributed by atoms with E-state index in [0.717, 1.165) is 18.8 Å². The predicted molar refractivity (Wildman–Crippen MR) is 111 cm³/mol. The molecule has 0 aromatic heterocycles. The van der Waals surface area contributed by atoms with Gasteiger partial charge in [0.1, 0.15) is 12.4 Å². The van der Waals surface area contributed by atoms with Gasteiger partial charge in [-0.3, -0.25) is 4.90 Å². The van der Waals surface area contributed by atoms with E-state index >= 15 is 0 Å². The molecule has 2 nitrogen and oxygen atoms in total. The Kier molecular flexibility index (Phi) is 11.0. The second-order valence-corrected chi connectivity index (χ2v) is 7.19. The third-order valence-electron chi connectivity index (χ3n) is 3.38. The van der Waals surface area contributed by atoms with Crippen LogP contribution in [0, 0.1) is 17.3 Å². The summed E-state index contributed by atoms with van der Waals surface area (Å²) in [6.07, 6.45) is 6.13. The summed E-state index contributed by atoms with van der Waals surface area (Å²) in [5.74, 6) is 7.23. The van der Waals surface area contributed by atoms with Gasteiger partial charge in [-0.2, -0.15) is 0 Å². The molecular formula is C22H32ClNO. The highest BCUT2D eigenvalue weighted by atomic mass is 35.5. The van der Waals surface area contributed by atoms with Crippen LogP contribution in [0.15, 0.2) is 48.1 Å². The first kappa shape index (κ1) is 23.3. The highest BCUT2D eigenvalue weighted by Crippen LogP contribution is 2.15. The largest absolute Gasteiger partial charge is 0.489 e. The molecule has 0 unspecified atom stereocenters. The van der Waals surface area contributed by atoms with Crippen molar-refractivity contribution in [2.75, 3.05) is 20.2 Å². The molecule has 0 heterocycles. The number of hydrogen-bond acceptors (Lipinski definition) is 2. The maximum Gasteiger partial charge on any atom is 0.120 e. The van der Waals surface area contributed by atoms with Gasteiger partial charge in [-0.1, -0.05) is 36.1 Å². The Hall–Kier alpha value is -1.69. The van der Waals surface area contributed by atoms with Crippen molar-refractivity contribution in [1.82, 2.24) is 4.90 Å². The van der Waals surface area contributed by atoms with Crippen molar-refractivity contribution in [2.45, 2.75) is 41.2 Å². The number of hydrogen-bond donors (Lipinski definition) is 0. The van der Waals surface area contributed by atoms with Crippen LogP contribution in [0.5, 0.6) is 5.75 Å². The summed E-state index contributed by atoms with van der Waals surface area (Å²) >= 11 is 0. The Balaban J connectivity index is 0.00000576. The topological polar surface area (TPSA) is 12.5 Å². The van der Waals surface area contributed by atoms with E-state index in [1.165, 1.54) is 11.1 Å². The van der Waals surface area contributed by atoms with Crippen LogP contribution in [0.2, 0.25) is 0 Å². The molecule has 0 amide bonds. The Morgan fingerprint density at radius 2 is 2.00 bits per heavy atom. The number of halogens is 1. The first-order valence-electron chi connectivity index (χ1n) is 8.50. The van der Waals surface area contributed by atoms with Crippen molar-refractivity contribution in [2.24, 2.45) is 5.41 Å². The molecule has 0 spiro atoms. The summed E-state index contributed by atoms with van der Waals surface area (Å²) in [5.41, 5.74) is 2.54. The number of benzene rings is 1. The number of allylic oxidation sites excluding steroid dienone is 2. The fraction of sp³-hybridized carbons (Fsp3) is 0.455. The molecule has 1 aromatic carbocycles. The molecule has 1 rings (SSSR count). The lowest BCUT2D eigenvalue weighted by Crippen LogP contribution is -2.17. The molecule has 0 fully saturated rings. The lowest BCUT2D eigenvalue weighted by atomic mass is 9.98. The van der Waals surface area contributed by atoms with Gasteiger partial charge in [-0.05, 0) is 71.0 Å². The molecule has 1 aromatic rings. The van der Waals surface area contributed by atoms with Crippen LogP contribution in [0.1, 0.15) is 40.2 Å². The SMILES string of the molecule is C/C=C(\C)COc1cccc(CN(C)C/C=C/C#CC(C)(C)C)c1.Cl. The van der Waals surface area contributed by atoms with Gasteiger partial charge in [0.05, 0.1) is 0 Å². The zero-order valence-electron chi connectivity index (χ0n) is 16.4. The van der Waals surface area contributed by atoms with Gasteiger partial charge in [-0.25, -0.2) is 0 Å². The summed E-state index contributed by atoms with van der Waals surface area (Å²) in [4.78, 5) is 2.26. The molecule has 0 radical (unpaired) electrons. The lowest BCUT2D eigenvalue weighted by molar-refractivity contribution is 0.346. The lowest BCUT2D eigenvalue weighted by Gasteiger charge is -2.15. The minimum absolute atomic E-state index is 0. The van der Waals surface area contributed by atoms with Crippen LogP contribution in [-0.2, 0) is 6.54 Å². The van der Waals surface area contributed by atoms with Gasteiger partial charge in [0.25, 0.3) is 0 Å². The fourth-order valence-electron chi connectivity index (χ4n) is 1.94. The van der Waals surface area contributed by atoms with E-state index in [-0.39, 0.29) is 17.8 Å². The van der Waals surface area contributed by atoms with Crippen molar-refractivity contribution >= 4 is 12.4 Å². The third-order valence-corrected chi connectivity index (χ3v) is 3.38. The van der Waals surface area contributed by atoms with Gasteiger partial charge in [0, 0.05) is 18.5 Å². The highest BCUT2D eigenvalue weighted by molar-refractivity contribution is 5.85. The third kappa shape index (κ3) is 11.5. The van der Waals surface area contributed by atoms with E-state index < -0.39 is 0 Å². The molecule has 0 N–H and O–H groups in total. The molecule has 0 aliphatic heterocycles. The van der Waals surface area contributed by atoms with Crippen molar-refractivity contribution in [3.05, 3.63) is 53.6 Å². The minimum atomic E-state index is 0. The van der Waals surface area contributed by atoms with Crippen molar-refractivity contribution in [1.29, 1.82) is 0 Å². The average Bonchev–Trinajstić information content (AvgIpc) is 2.51. The first-order valence-corrected chi connectivity index (χ1v) is 8.50. The number of ether oxygens (including phenoxy) is 1. The van der Waals surface area contributed by atoms with Crippen LogP contribution >= 0.6 is 12.4 Å². The summed E-state index contributed by atoms with van der Waals surface area (Å²) in [6.45, 7) is 12.9. The molecule has 0 aliphatic carbocycles. The van der Waals surface area contributed by atoms with E-state index in [1.54, 1.807) is 0 Å². The Bertz CT molecular complexity index is 629. The monoisotopic (exact) mass is 361 g/mol. The zero-order chi connectivity index (χ0) is 18.0. The summed E-state index contributed by atoms with van der Waals surface area (Å²) < 4.78 is 5.81.